The number of ketones is 2. The van der Waals surface area contributed by atoms with Crippen molar-refractivity contribution in [3.63, 3.8) is 0 Å². The number of hydrogen-bond donors (Lipinski definition) is 5. The summed E-state index contributed by atoms with van der Waals surface area (Å²) in [6, 6.07) is 17.4. The third-order valence-corrected chi connectivity index (χ3v) is 7.69. The molecule has 5 rings (SSSR count). The van der Waals surface area contributed by atoms with E-state index in [0.29, 0.717) is 0 Å². The maximum absolute atomic E-state index is 13.5. The first-order chi connectivity index (χ1) is 18.3. The van der Waals surface area contributed by atoms with Crippen molar-refractivity contribution < 1.29 is 40.6 Å². The van der Waals surface area contributed by atoms with Crippen molar-refractivity contribution in [3.8, 4) is 5.75 Å². The Kier molecular flexibility index (Phi) is 6.23. The molecule has 4 aromatic carbocycles. The summed E-state index contributed by atoms with van der Waals surface area (Å²) < 4.78 is 65.2. The van der Waals surface area contributed by atoms with Gasteiger partial charge in [-0.2, -0.15) is 16.8 Å². The van der Waals surface area contributed by atoms with Crippen LogP contribution in [0.25, 0.3) is 0 Å². The molecule has 1 aliphatic carbocycles. The summed E-state index contributed by atoms with van der Waals surface area (Å²) in [6.45, 7) is 0. The highest BCUT2D eigenvalue weighted by atomic mass is 32.2. The molecular formula is C26H18N2O9S2. The molecule has 198 valence electrons. The molecule has 0 fully saturated rings. The van der Waals surface area contributed by atoms with Crippen molar-refractivity contribution in [1.29, 1.82) is 0 Å². The van der Waals surface area contributed by atoms with E-state index in [2.05, 4.69) is 10.6 Å². The number of phenols is 1. The van der Waals surface area contributed by atoms with Crippen LogP contribution in [0.2, 0.25) is 0 Å². The van der Waals surface area contributed by atoms with Crippen LogP contribution in [0, 0.1) is 0 Å². The first kappa shape index (κ1) is 26.1. The maximum atomic E-state index is 13.5. The van der Waals surface area contributed by atoms with Crippen molar-refractivity contribution in [2.75, 3.05) is 10.6 Å². The highest BCUT2D eigenvalue weighted by Gasteiger charge is 2.35. The topological polar surface area (TPSA) is 187 Å². The first-order valence-corrected chi connectivity index (χ1v) is 14.0. The number of anilines is 4. The molecule has 5 N–H and O–H groups in total. The molecule has 11 nitrogen and oxygen atoms in total. The molecule has 1 aliphatic rings. The number of carbonyl (C=O) groups excluding carboxylic acids is 2. The maximum Gasteiger partial charge on any atom is 0.294 e. The van der Waals surface area contributed by atoms with Crippen LogP contribution in [0.4, 0.5) is 22.7 Å². The lowest BCUT2D eigenvalue weighted by Crippen LogP contribution is -2.22. The van der Waals surface area contributed by atoms with Gasteiger partial charge < -0.3 is 15.7 Å². The van der Waals surface area contributed by atoms with Gasteiger partial charge in [0.05, 0.1) is 32.3 Å². The minimum atomic E-state index is -4.55. The van der Waals surface area contributed by atoms with Crippen molar-refractivity contribution >= 4 is 54.6 Å². The van der Waals surface area contributed by atoms with Crippen LogP contribution in [-0.2, 0) is 20.2 Å². The number of carbonyl (C=O) groups is 2. The van der Waals surface area contributed by atoms with Gasteiger partial charge in [0.1, 0.15) is 0 Å². The Labute approximate surface area is 222 Å². The molecule has 0 heterocycles. The van der Waals surface area contributed by atoms with E-state index in [1.54, 1.807) is 12.1 Å². The molecule has 0 bridgehead atoms. The quantitative estimate of drug-likeness (QED) is 0.113. The predicted octanol–water partition coefficient (Wildman–Crippen LogP) is 4.15. The lowest BCUT2D eigenvalue weighted by molar-refractivity contribution is 0.0977. The van der Waals surface area contributed by atoms with Gasteiger partial charge in [-0.1, -0.05) is 36.4 Å². The second kappa shape index (κ2) is 9.32. The molecule has 13 heteroatoms. The molecule has 39 heavy (non-hydrogen) atoms. The van der Waals surface area contributed by atoms with Crippen LogP contribution < -0.4 is 10.6 Å². The summed E-state index contributed by atoms with van der Waals surface area (Å²) in [5.74, 6) is -1.82. The summed E-state index contributed by atoms with van der Waals surface area (Å²) in [5.41, 5.74) is -0.174. The van der Waals surface area contributed by atoms with E-state index >= 15 is 0 Å². The Bertz CT molecular complexity index is 1920. The van der Waals surface area contributed by atoms with Crippen LogP contribution >= 0.6 is 0 Å². The van der Waals surface area contributed by atoms with E-state index in [4.69, 9.17) is 0 Å². The monoisotopic (exact) mass is 566 g/mol. The van der Waals surface area contributed by atoms with E-state index in [-0.39, 0.29) is 45.0 Å². The summed E-state index contributed by atoms with van der Waals surface area (Å²) in [5, 5.41) is 16.8. The minimum Gasteiger partial charge on any atom is -0.505 e. The van der Waals surface area contributed by atoms with Crippen LogP contribution in [0.3, 0.4) is 0 Å². The number of benzene rings is 4. The number of phenolic OH excluding ortho intramolecular Hbond substituents is 1. The number of aromatic hydroxyl groups is 1. The van der Waals surface area contributed by atoms with E-state index in [1.165, 1.54) is 42.5 Å². The fourth-order valence-corrected chi connectivity index (χ4v) is 5.30. The molecular weight excluding hydrogens is 548 g/mol. The zero-order valence-electron chi connectivity index (χ0n) is 19.6. The molecule has 0 unspecified atom stereocenters. The van der Waals surface area contributed by atoms with Gasteiger partial charge in [-0.15, -0.1) is 0 Å². The molecule has 0 saturated carbocycles. The van der Waals surface area contributed by atoms with Gasteiger partial charge in [0.15, 0.2) is 17.3 Å². The van der Waals surface area contributed by atoms with Gasteiger partial charge in [0, 0.05) is 22.5 Å². The molecule has 0 spiro atoms. The number of fused-ring (bicyclic) bond motifs is 2. The molecule has 0 radical (unpaired) electrons. The second-order valence-electron chi connectivity index (χ2n) is 8.53. The summed E-state index contributed by atoms with van der Waals surface area (Å²) in [4.78, 5) is 26.1. The molecule has 0 aromatic heterocycles. The Hall–Kier alpha value is -4.56. The van der Waals surface area contributed by atoms with Crippen LogP contribution in [0.1, 0.15) is 31.8 Å². The van der Waals surface area contributed by atoms with E-state index in [0.717, 1.165) is 24.3 Å². The number of rotatable bonds is 6. The summed E-state index contributed by atoms with van der Waals surface area (Å²) >= 11 is 0. The fourth-order valence-electron chi connectivity index (χ4n) is 4.25. The molecule has 0 atom stereocenters. The Morgan fingerprint density at radius 3 is 1.51 bits per heavy atom. The van der Waals surface area contributed by atoms with Crippen LogP contribution in [0.15, 0.2) is 88.7 Å². The van der Waals surface area contributed by atoms with E-state index < -0.39 is 47.3 Å². The average molecular weight is 567 g/mol. The lowest BCUT2D eigenvalue weighted by Gasteiger charge is -2.24. The summed E-state index contributed by atoms with van der Waals surface area (Å²) in [6.07, 6.45) is 0. The highest BCUT2D eigenvalue weighted by Crippen LogP contribution is 2.43. The molecule has 4 aromatic rings. The Morgan fingerprint density at radius 2 is 1.03 bits per heavy atom. The smallest absolute Gasteiger partial charge is 0.294 e. The fraction of sp³-hybridized carbons (Fsp3) is 0. The van der Waals surface area contributed by atoms with Gasteiger partial charge in [0.2, 0.25) is 0 Å². The van der Waals surface area contributed by atoms with Crippen LogP contribution in [0.5, 0.6) is 5.75 Å². The highest BCUT2D eigenvalue weighted by molar-refractivity contribution is 7.86. The molecule has 0 amide bonds. The molecule has 0 aliphatic heterocycles. The average Bonchev–Trinajstić information content (AvgIpc) is 2.88. The number of hydrogen-bond acceptors (Lipinski definition) is 9. The van der Waals surface area contributed by atoms with Crippen molar-refractivity contribution in [3.05, 3.63) is 101 Å². The van der Waals surface area contributed by atoms with E-state index in [1.807, 2.05) is 0 Å². The van der Waals surface area contributed by atoms with Gasteiger partial charge in [0.25, 0.3) is 20.2 Å². The Balaban J connectivity index is 1.70. The van der Waals surface area contributed by atoms with Crippen molar-refractivity contribution in [2.45, 2.75) is 9.79 Å². The molecule has 0 saturated heterocycles. The lowest BCUT2D eigenvalue weighted by atomic mass is 9.82. The van der Waals surface area contributed by atoms with Gasteiger partial charge in [-0.05, 0) is 42.5 Å². The normalized spacial score (nSPS) is 13.0. The second-order valence-corrected chi connectivity index (χ2v) is 11.4. The zero-order chi connectivity index (χ0) is 28.1. The van der Waals surface area contributed by atoms with Gasteiger partial charge >= 0.3 is 0 Å². The van der Waals surface area contributed by atoms with E-state index in [9.17, 15) is 40.6 Å². The SMILES string of the molecule is O=C1c2ccccc2C(=O)c2c(O)c(Nc3cccc(S(=O)(=O)O)c3)cc(Nc3cccc(S(=O)(=O)O)c3)c21. The number of nitrogens with one attached hydrogen (secondary N) is 2. The third kappa shape index (κ3) is 4.86. The largest absolute Gasteiger partial charge is 0.505 e. The van der Waals surface area contributed by atoms with Gasteiger partial charge in [-0.3, -0.25) is 18.7 Å². The van der Waals surface area contributed by atoms with Crippen molar-refractivity contribution in [1.82, 2.24) is 0 Å². The first-order valence-electron chi connectivity index (χ1n) is 11.1. The summed E-state index contributed by atoms with van der Waals surface area (Å²) in [7, 11) is -9.09. The Morgan fingerprint density at radius 1 is 0.564 bits per heavy atom. The standard InChI is InChI=1S/C26H18N2O9S2/c29-24-18-9-1-2-10-19(18)25(30)23-22(24)20(27-14-5-3-7-16(11-14)38(32,33)34)13-21(26(23)31)28-15-6-4-8-17(12-15)39(35,36)37/h1-13,27-28,31H,(H,32,33,34)(H,35,36,37). The van der Waals surface area contributed by atoms with Crippen LogP contribution in [-0.4, -0.2) is 42.6 Å². The minimum absolute atomic E-state index is 0.0107. The predicted molar refractivity (Wildman–Crippen MR) is 140 cm³/mol. The zero-order valence-corrected chi connectivity index (χ0v) is 21.2. The van der Waals surface area contributed by atoms with Gasteiger partial charge in [-0.25, -0.2) is 0 Å². The van der Waals surface area contributed by atoms with Crippen molar-refractivity contribution in [2.24, 2.45) is 0 Å². The third-order valence-electron chi connectivity index (χ3n) is 5.99.